The molecule has 4 nitrogen and oxygen atoms in total. The van der Waals surface area contributed by atoms with Crippen LogP contribution in [-0.2, 0) is 9.53 Å². The Hall–Kier alpha value is -3.27. The molecular formula is C23H22O4. The lowest BCUT2D eigenvalue weighted by molar-refractivity contribution is -0.138. The Bertz CT molecular complexity index is 960. The van der Waals surface area contributed by atoms with Crippen molar-refractivity contribution in [1.82, 2.24) is 0 Å². The van der Waals surface area contributed by atoms with Crippen LogP contribution in [0.2, 0.25) is 0 Å². The molecule has 0 aromatic heterocycles. The maximum atomic E-state index is 11.8. The minimum Gasteiger partial charge on any atom is -0.497 e. The summed E-state index contributed by atoms with van der Waals surface area (Å²) < 4.78 is 15.9. The first-order valence-electron chi connectivity index (χ1n) is 8.76. The molecule has 0 heterocycles. The van der Waals surface area contributed by atoms with Crippen molar-refractivity contribution in [2.75, 3.05) is 20.3 Å². The SMILES string of the molecule is COc1ccc2cc(/C=C/C(=O)OCCOc3cccc(C)c3)ccc2c1. The summed E-state index contributed by atoms with van der Waals surface area (Å²) in [6, 6.07) is 19.6. The van der Waals surface area contributed by atoms with Gasteiger partial charge in [-0.15, -0.1) is 0 Å². The molecule has 0 atom stereocenters. The van der Waals surface area contributed by atoms with Gasteiger partial charge in [0.25, 0.3) is 0 Å². The molecule has 0 unspecified atom stereocenters. The first-order chi connectivity index (χ1) is 13.1. The number of carbonyl (C=O) groups excluding carboxylic acids is 1. The summed E-state index contributed by atoms with van der Waals surface area (Å²) in [7, 11) is 1.65. The third-order valence-corrected chi connectivity index (χ3v) is 4.07. The minimum atomic E-state index is -0.391. The summed E-state index contributed by atoms with van der Waals surface area (Å²) in [4.78, 5) is 11.8. The van der Waals surface area contributed by atoms with Crippen molar-refractivity contribution in [3.63, 3.8) is 0 Å². The quantitative estimate of drug-likeness (QED) is 0.344. The number of esters is 1. The molecule has 0 fully saturated rings. The van der Waals surface area contributed by atoms with Gasteiger partial charge < -0.3 is 14.2 Å². The molecule has 3 rings (SSSR count). The van der Waals surface area contributed by atoms with Crippen LogP contribution in [-0.4, -0.2) is 26.3 Å². The molecule has 0 aliphatic rings. The summed E-state index contributed by atoms with van der Waals surface area (Å²) in [5, 5.41) is 2.17. The van der Waals surface area contributed by atoms with Gasteiger partial charge in [0.2, 0.25) is 0 Å². The molecule has 3 aromatic rings. The highest BCUT2D eigenvalue weighted by Crippen LogP contribution is 2.22. The zero-order valence-corrected chi connectivity index (χ0v) is 15.5. The third-order valence-electron chi connectivity index (χ3n) is 4.07. The number of ether oxygens (including phenoxy) is 3. The number of aryl methyl sites for hydroxylation is 1. The van der Waals surface area contributed by atoms with E-state index in [9.17, 15) is 4.79 Å². The Morgan fingerprint density at radius 2 is 1.74 bits per heavy atom. The molecular weight excluding hydrogens is 340 g/mol. The molecule has 0 saturated carbocycles. The number of carbonyl (C=O) groups is 1. The third kappa shape index (κ3) is 5.35. The summed E-state index contributed by atoms with van der Waals surface area (Å²) in [5.41, 5.74) is 2.06. The predicted molar refractivity (Wildman–Crippen MR) is 107 cm³/mol. The van der Waals surface area contributed by atoms with Gasteiger partial charge in [-0.3, -0.25) is 0 Å². The Balaban J connectivity index is 1.50. The molecule has 0 amide bonds. The van der Waals surface area contributed by atoms with Crippen molar-refractivity contribution in [2.24, 2.45) is 0 Å². The Morgan fingerprint density at radius 1 is 0.926 bits per heavy atom. The van der Waals surface area contributed by atoms with Crippen molar-refractivity contribution in [3.8, 4) is 11.5 Å². The van der Waals surface area contributed by atoms with E-state index in [1.165, 1.54) is 6.08 Å². The van der Waals surface area contributed by atoms with E-state index in [2.05, 4.69) is 0 Å². The normalized spacial score (nSPS) is 10.9. The van der Waals surface area contributed by atoms with Crippen LogP contribution in [0.15, 0.2) is 66.7 Å². The average Bonchev–Trinajstić information content (AvgIpc) is 2.69. The lowest BCUT2D eigenvalue weighted by atomic mass is 10.1. The highest BCUT2D eigenvalue weighted by Gasteiger charge is 2.00. The van der Waals surface area contributed by atoms with E-state index in [4.69, 9.17) is 14.2 Å². The van der Waals surface area contributed by atoms with Crippen molar-refractivity contribution < 1.29 is 19.0 Å². The van der Waals surface area contributed by atoms with Gasteiger partial charge in [-0.1, -0.05) is 30.3 Å². The number of hydrogen-bond donors (Lipinski definition) is 0. The fraction of sp³-hybridized carbons (Fsp3) is 0.174. The second kappa shape index (κ2) is 8.90. The van der Waals surface area contributed by atoms with Crippen LogP contribution in [0, 0.1) is 6.92 Å². The smallest absolute Gasteiger partial charge is 0.330 e. The Kier molecular flexibility index (Phi) is 6.10. The molecule has 0 spiro atoms. The van der Waals surface area contributed by atoms with E-state index in [0.29, 0.717) is 6.61 Å². The first-order valence-corrected chi connectivity index (χ1v) is 8.76. The highest BCUT2D eigenvalue weighted by atomic mass is 16.6. The lowest BCUT2D eigenvalue weighted by Crippen LogP contribution is -2.10. The van der Waals surface area contributed by atoms with Crippen LogP contribution in [0.4, 0.5) is 0 Å². The van der Waals surface area contributed by atoms with E-state index in [1.807, 2.05) is 67.6 Å². The van der Waals surface area contributed by atoms with Gasteiger partial charge in [-0.2, -0.15) is 0 Å². The zero-order chi connectivity index (χ0) is 19.1. The Morgan fingerprint density at radius 3 is 2.56 bits per heavy atom. The number of methoxy groups -OCH3 is 1. The van der Waals surface area contributed by atoms with E-state index >= 15 is 0 Å². The summed E-state index contributed by atoms with van der Waals surface area (Å²) >= 11 is 0. The zero-order valence-electron chi connectivity index (χ0n) is 15.5. The molecule has 4 heteroatoms. The number of rotatable bonds is 7. The second-order valence-electron chi connectivity index (χ2n) is 6.14. The van der Waals surface area contributed by atoms with E-state index in [0.717, 1.165) is 33.4 Å². The van der Waals surface area contributed by atoms with Crippen molar-refractivity contribution in [3.05, 3.63) is 77.9 Å². The number of fused-ring (bicyclic) bond motifs is 1. The van der Waals surface area contributed by atoms with Crippen LogP contribution in [0.5, 0.6) is 11.5 Å². The van der Waals surface area contributed by atoms with Crippen molar-refractivity contribution in [2.45, 2.75) is 6.92 Å². The van der Waals surface area contributed by atoms with E-state index < -0.39 is 5.97 Å². The van der Waals surface area contributed by atoms with Crippen LogP contribution in [0.25, 0.3) is 16.8 Å². The summed E-state index contributed by atoms with van der Waals surface area (Å²) in [6.45, 7) is 2.52. The van der Waals surface area contributed by atoms with Gasteiger partial charge >= 0.3 is 5.97 Å². The minimum absolute atomic E-state index is 0.203. The van der Waals surface area contributed by atoms with Gasteiger partial charge in [-0.05, 0) is 65.2 Å². The first kappa shape index (κ1) is 18.5. The molecule has 0 N–H and O–H groups in total. The maximum absolute atomic E-state index is 11.8. The van der Waals surface area contributed by atoms with Gasteiger partial charge in [0.15, 0.2) is 0 Å². The molecule has 0 bridgehead atoms. The van der Waals surface area contributed by atoms with Crippen LogP contribution in [0.1, 0.15) is 11.1 Å². The van der Waals surface area contributed by atoms with E-state index in [-0.39, 0.29) is 6.61 Å². The van der Waals surface area contributed by atoms with Crippen LogP contribution < -0.4 is 9.47 Å². The molecule has 0 saturated heterocycles. The van der Waals surface area contributed by atoms with Crippen LogP contribution in [0.3, 0.4) is 0 Å². The summed E-state index contributed by atoms with van der Waals surface area (Å²) in [5.74, 6) is 1.20. The lowest BCUT2D eigenvalue weighted by Gasteiger charge is -2.06. The van der Waals surface area contributed by atoms with Crippen molar-refractivity contribution >= 4 is 22.8 Å². The number of hydrogen-bond acceptors (Lipinski definition) is 4. The molecule has 0 aliphatic carbocycles. The van der Waals surface area contributed by atoms with E-state index in [1.54, 1.807) is 13.2 Å². The average molecular weight is 362 g/mol. The molecule has 0 radical (unpaired) electrons. The molecule has 0 aliphatic heterocycles. The Labute approximate surface area is 159 Å². The van der Waals surface area contributed by atoms with Gasteiger partial charge in [0.05, 0.1) is 7.11 Å². The van der Waals surface area contributed by atoms with Crippen molar-refractivity contribution in [1.29, 1.82) is 0 Å². The van der Waals surface area contributed by atoms with Gasteiger partial charge in [0, 0.05) is 6.08 Å². The number of benzene rings is 3. The predicted octanol–water partition coefficient (Wildman–Crippen LogP) is 4.79. The summed E-state index contributed by atoms with van der Waals surface area (Å²) in [6.07, 6.45) is 3.17. The molecule has 138 valence electrons. The fourth-order valence-electron chi connectivity index (χ4n) is 2.69. The van der Waals surface area contributed by atoms with Crippen LogP contribution >= 0.6 is 0 Å². The molecule has 3 aromatic carbocycles. The highest BCUT2D eigenvalue weighted by molar-refractivity contribution is 5.90. The largest absolute Gasteiger partial charge is 0.497 e. The van der Waals surface area contributed by atoms with Gasteiger partial charge in [-0.25, -0.2) is 4.79 Å². The fourth-order valence-corrected chi connectivity index (χ4v) is 2.69. The van der Waals surface area contributed by atoms with Gasteiger partial charge in [0.1, 0.15) is 24.7 Å². The second-order valence-corrected chi connectivity index (χ2v) is 6.14. The molecule has 27 heavy (non-hydrogen) atoms. The standard InChI is InChI=1S/C23H22O4/c1-17-4-3-5-22(14-17)26-12-13-27-23(24)11-7-18-6-8-20-16-21(25-2)10-9-19(20)15-18/h3-11,14-16H,12-13H2,1-2H3/b11-7+. The maximum Gasteiger partial charge on any atom is 0.330 e. The monoisotopic (exact) mass is 362 g/mol. The topological polar surface area (TPSA) is 44.8 Å².